The fraction of sp³-hybridized carbons (Fsp3) is 0.129. The molecule has 0 unspecified atom stereocenters. The van der Waals surface area contributed by atoms with Gasteiger partial charge in [0.1, 0.15) is 18.1 Å². The number of hydrogen-bond donors (Lipinski definition) is 2. The largest absolute Gasteiger partial charge is 0.484 e. The minimum Gasteiger partial charge on any atom is -0.484 e. The van der Waals surface area contributed by atoms with Crippen LogP contribution in [-0.2, 0) is 25.8 Å². The summed E-state index contributed by atoms with van der Waals surface area (Å²) in [5, 5.41) is 5.72. The van der Waals surface area contributed by atoms with Crippen molar-refractivity contribution in [2.75, 3.05) is 22.8 Å². The maximum Gasteiger partial charge on any atom is 0.417 e. The van der Waals surface area contributed by atoms with Gasteiger partial charge in [-0.1, -0.05) is 29.3 Å². The molecule has 0 aromatic heterocycles. The van der Waals surface area contributed by atoms with Gasteiger partial charge in [0.15, 0.2) is 6.61 Å². The molecule has 9 nitrogen and oxygen atoms in total. The topological polar surface area (TPSA) is 117 Å². The van der Waals surface area contributed by atoms with Crippen molar-refractivity contribution in [3.05, 3.63) is 119 Å². The molecule has 2 N–H and O–H groups in total. The summed E-state index contributed by atoms with van der Waals surface area (Å²) >= 11 is 5.72. The predicted molar refractivity (Wildman–Crippen MR) is 165 cm³/mol. The van der Waals surface area contributed by atoms with Crippen LogP contribution in [0.15, 0.2) is 101 Å². The van der Waals surface area contributed by atoms with Crippen molar-refractivity contribution in [1.82, 2.24) is 5.43 Å². The second kappa shape index (κ2) is 14.4. The van der Waals surface area contributed by atoms with Crippen molar-refractivity contribution in [2.24, 2.45) is 5.10 Å². The van der Waals surface area contributed by atoms with E-state index in [1.165, 1.54) is 66.9 Å². The molecule has 0 aliphatic carbocycles. The van der Waals surface area contributed by atoms with Gasteiger partial charge in [-0.05, 0) is 91.3 Å². The molecule has 4 aromatic carbocycles. The van der Waals surface area contributed by atoms with Gasteiger partial charge in [-0.25, -0.2) is 18.2 Å². The van der Waals surface area contributed by atoms with Crippen LogP contribution in [0.3, 0.4) is 0 Å². The Labute approximate surface area is 266 Å². The number of carbonyl (C=O) groups is 2. The molecule has 2 amide bonds. The predicted octanol–water partition coefficient (Wildman–Crippen LogP) is 6.17. The Kier molecular flexibility index (Phi) is 10.6. The molecule has 0 spiro atoms. The van der Waals surface area contributed by atoms with E-state index in [2.05, 4.69) is 15.8 Å². The van der Waals surface area contributed by atoms with Crippen LogP contribution >= 0.6 is 11.6 Å². The fourth-order valence-corrected chi connectivity index (χ4v) is 5.55. The van der Waals surface area contributed by atoms with E-state index in [0.717, 1.165) is 17.7 Å². The van der Waals surface area contributed by atoms with Crippen LogP contribution in [-0.4, -0.2) is 39.6 Å². The summed E-state index contributed by atoms with van der Waals surface area (Å²) in [5.74, 6) is -1.51. The molecule has 240 valence electrons. The highest BCUT2D eigenvalue weighted by molar-refractivity contribution is 7.92. The fourth-order valence-electron chi connectivity index (χ4n) is 3.91. The van der Waals surface area contributed by atoms with E-state index in [9.17, 15) is 35.6 Å². The van der Waals surface area contributed by atoms with E-state index in [0.29, 0.717) is 27.4 Å². The first kappa shape index (κ1) is 33.9. The zero-order chi connectivity index (χ0) is 33.5. The van der Waals surface area contributed by atoms with Crippen molar-refractivity contribution in [1.29, 1.82) is 0 Å². The summed E-state index contributed by atoms with van der Waals surface area (Å²) in [7, 11) is -4.50. The number of nitrogens with zero attached hydrogens (tertiary/aromatic N) is 2. The van der Waals surface area contributed by atoms with E-state index >= 15 is 0 Å². The zero-order valence-corrected chi connectivity index (χ0v) is 25.5. The molecular formula is C31H25ClF4N4O5S. The second-order valence-electron chi connectivity index (χ2n) is 9.69. The minimum absolute atomic E-state index is 0.242. The highest BCUT2D eigenvalue weighted by Gasteiger charge is 2.35. The Morgan fingerprint density at radius 3 is 2.22 bits per heavy atom. The molecule has 0 saturated heterocycles. The highest BCUT2D eigenvalue weighted by Crippen LogP contribution is 2.38. The first-order valence-electron chi connectivity index (χ1n) is 13.3. The maximum atomic E-state index is 13.6. The number of sulfonamides is 1. The smallest absolute Gasteiger partial charge is 0.417 e. The van der Waals surface area contributed by atoms with Crippen molar-refractivity contribution < 1.29 is 40.3 Å². The first-order chi connectivity index (χ1) is 21.7. The highest BCUT2D eigenvalue weighted by atomic mass is 35.5. The van der Waals surface area contributed by atoms with Crippen LogP contribution < -0.4 is 19.8 Å². The van der Waals surface area contributed by atoms with E-state index in [-0.39, 0.29) is 11.5 Å². The Morgan fingerprint density at radius 1 is 0.935 bits per heavy atom. The van der Waals surface area contributed by atoms with Crippen LogP contribution in [0.2, 0.25) is 5.02 Å². The molecule has 0 aliphatic heterocycles. The van der Waals surface area contributed by atoms with Gasteiger partial charge >= 0.3 is 6.18 Å². The number of hydrogen-bond acceptors (Lipinski definition) is 6. The Balaban J connectivity index is 1.42. The normalized spacial score (nSPS) is 11.7. The van der Waals surface area contributed by atoms with E-state index in [4.69, 9.17) is 16.3 Å². The van der Waals surface area contributed by atoms with Crippen LogP contribution in [0.25, 0.3) is 0 Å². The number of aryl methyl sites for hydroxylation is 1. The second-order valence-corrected chi connectivity index (χ2v) is 12.0. The maximum absolute atomic E-state index is 13.6. The van der Waals surface area contributed by atoms with Crippen molar-refractivity contribution in [3.63, 3.8) is 0 Å². The molecule has 0 saturated carbocycles. The molecule has 4 rings (SSSR count). The molecule has 4 aromatic rings. The zero-order valence-electron chi connectivity index (χ0n) is 23.9. The number of carbonyl (C=O) groups excluding carboxylic acids is 2. The lowest BCUT2D eigenvalue weighted by atomic mass is 10.2. The summed E-state index contributed by atoms with van der Waals surface area (Å²) in [5.41, 5.74) is 2.10. The summed E-state index contributed by atoms with van der Waals surface area (Å²) in [6.45, 7) is 0.506. The molecule has 15 heteroatoms. The molecule has 0 aliphatic rings. The van der Waals surface area contributed by atoms with Crippen LogP contribution in [0.5, 0.6) is 5.75 Å². The lowest BCUT2D eigenvalue weighted by Crippen LogP contribution is -2.39. The van der Waals surface area contributed by atoms with Crippen LogP contribution in [0, 0.1) is 12.7 Å². The van der Waals surface area contributed by atoms with Gasteiger partial charge in [-0.2, -0.15) is 18.3 Å². The Hall–Kier alpha value is -4.95. The molecule has 46 heavy (non-hydrogen) atoms. The average molecular weight is 677 g/mol. The van der Waals surface area contributed by atoms with Crippen molar-refractivity contribution >= 4 is 51.0 Å². The third kappa shape index (κ3) is 9.05. The molecule has 0 atom stereocenters. The molecular weight excluding hydrogens is 652 g/mol. The number of halogens is 5. The standard InChI is InChI=1S/C31H25ClF4N4O5S/c1-20-2-13-26(14-3-20)46(43,44)40(24-10-15-28(32)27(16-24)31(34,35)36)18-29(41)39-37-17-21-4-11-25(12-5-21)45-19-30(42)38-23-8-6-22(33)7-9-23/h2-17H,18-19H2,1H3,(H,38,42)(H,39,41)/b37-17-. The molecule has 0 radical (unpaired) electrons. The minimum atomic E-state index is -4.88. The lowest BCUT2D eigenvalue weighted by molar-refractivity contribution is -0.137. The molecule has 0 heterocycles. The van der Waals surface area contributed by atoms with Gasteiger partial charge in [-0.15, -0.1) is 0 Å². The van der Waals surface area contributed by atoms with Gasteiger partial charge in [0.05, 0.1) is 27.4 Å². The van der Waals surface area contributed by atoms with Gasteiger partial charge < -0.3 is 10.1 Å². The number of ether oxygens (including phenoxy) is 1. The lowest BCUT2D eigenvalue weighted by Gasteiger charge is -2.25. The third-order valence-corrected chi connectivity index (χ3v) is 8.34. The summed E-state index contributed by atoms with van der Waals surface area (Å²) < 4.78 is 86.6. The van der Waals surface area contributed by atoms with Gasteiger partial charge in [0.2, 0.25) is 0 Å². The third-order valence-electron chi connectivity index (χ3n) is 6.22. The average Bonchev–Trinajstić information content (AvgIpc) is 3.00. The summed E-state index contributed by atoms with van der Waals surface area (Å²) in [6, 6.07) is 19.5. The summed E-state index contributed by atoms with van der Waals surface area (Å²) in [4.78, 5) is 24.6. The number of nitrogens with one attached hydrogen (secondary N) is 2. The van der Waals surface area contributed by atoms with Gasteiger partial charge in [-0.3, -0.25) is 13.9 Å². The van der Waals surface area contributed by atoms with E-state index < -0.39 is 56.6 Å². The van der Waals surface area contributed by atoms with E-state index in [1.54, 1.807) is 19.1 Å². The van der Waals surface area contributed by atoms with Crippen LogP contribution in [0.1, 0.15) is 16.7 Å². The van der Waals surface area contributed by atoms with Gasteiger partial charge in [0, 0.05) is 5.69 Å². The van der Waals surface area contributed by atoms with Crippen LogP contribution in [0.4, 0.5) is 28.9 Å². The van der Waals surface area contributed by atoms with E-state index in [1.807, 2.05) is 0 Å². The van der Waals surface area contributed by atoms with Gasteiger partial charge in [0.25, 0.3) is 21.8 Å². The quantitative estimate of drug-likeness (QED) is 0.112. The first-order valence-corrected chi connectivity index (χ1v) is 15.1. The Morgan fingerprint density at radius 2 is 1.59 bits per heavy atom. The summed E-state index contributed by atoms with van der Waals surface area (Å²) in [6.07, 6.45) is -3.64. The van der Waals surface area contributed by atoms with Crippen molar-refractivity contribution in [2.45, 2.75) is 18.0 Å². The Bertz CT molecular complexity index is 1840. The number of hydrazone groups is 1. The molecule has 0 fully saturated rings. The number of rotatable bonds is 11. The number of alkyl halides is 3. The monoisotopic (exact) mass is 676 g/mol. The molecule has 0 bridgehead atoms. The number of anilines is 2. The SMILES string of the molecule is Cc1ccc(S(=O)(=O)N(CC(=O)N/N=C\c2ccc(OCC(=O)Nc3ccc(F)cc3)cc2)c2ccc(Cl)c(C(F)(F)F)c2)cc1. The number of benzene rings is 4. The number of amides is 2. The van der Waals surface area contributed by atoms with Crippen molar-refractivity contribution in [3.8, 4) is 5.75 Å².